The van der Waals surface area contributed by atoms with Gasteiger partial charge < -0.3 is 19.9 Å². The lowest BCUT2D eigenvalue weighted by Crippen LogP contribution is -2.45. The van der Waals surface area contributed by atoms with Crippen LogP contribution in [0.5, 0.6) is 5.75 Å². The second-order valence-corrected chi connectivity index (χ2v) is 5.33. The lowest BCUT2D eigenvalue weighted by molar-refractivity contribution is -0.146. The third-order valence-electron chi connectivity index (χ3n) is 3.53. The Morgan fingerprint density at radius 1 is 1.00 bits per heavy atom. The van der Waals surface area contributed by atoms with E-state index in [0.29, 0.717) is 16.9 Å². The van der Waals surface area contributed by atoms with Crippen molar-refractivity contribution in [2.45, 2.75) is 6.04 Å². The molecule has 7 nitrogen and oxygen atoms in total. The van der Waals surface area contributed by atoms with E-state index in [9.17, 15) is 14.4 Å². The van der Waals surface area contributed by atoms with E-state index in [1.807, 2.05) is 6.07 Å². The number of carbonyl (C=O) groups excluding carboxylic acids is 3. The van der Waals surface area contributed by atoms with Crippen molar-refractivity contribution in [3.63, 3.8) is 0 Å². The van der Waals surface area contributed by atoms with Crippen molar-refractivity contribution in [3.8, 4) is 5.75 Å². The third-order valence-corrected chi connectivity index (χ3v) is 3.53. The van der Waals surface area contributed by atoms with Gasteiger partial charge in [-0.2, -0.15) is 0 Å². The molecule has 0 spiro atoms. The van der Waals surface area contributed by atoms with Gasteiger partial charge in [0.25, 0.3) is 5.91 Å². The number of ketones is 1. The zero-order valence-corrected chi connectivity index (χ0v) is 14.2. The van der Waals surface area contributed by atoms with Gasteiger partial charge in [-0.15, -0.1) is 0 Å². The van der Waals surface area contributed by atoms with Gasteiger partial charge in [0.15, 0.2) is 18.4 Å². The van der Waals surface area contributed by atoms with Gasteiger partial charge in [0.2, 0.25) is 0 Å². The number of benzene rings is 2. The van der Waals surface area contributed by atoms with Crippen LogP contribution in [0.25, 0.3) is 0 Å². The Hall–Kier alpha value is -3.19. The summed E-state index contributed by atoms with van der Waals surface area (Å²) in [5, 5.41) is 11.3. The minimum Gasteiger partial charge on any atom is -0.484 e. The van der Waals surface area contributed by atoms with Crippen LogP contribution in [0, 0.1) is 0 Å². The molecule has 7 heteroatoms. The highest BCUT2D eigenvalue weighted by Crippen LogP contribution is 2.15. The van der Waals surface area contributed by atoms with Crippen LogP contribution in [0.1, 0.15) is 15.9 Å². The van der Waals surface area contributed by atoms with Crippen LogP contribution in [-0.4, -0.2) is 49.1 Å². The van der Waals surface area contributed by atoms with Gasteiger partial charge in [-0.1, -0.05) is 30.3 Å². The molecule has 0 aromatic heterocycles. The summed E-state index contributed by atoms with van der Waals surface area (Å²) >= 11 is 0. The second kappa shape index (κ2) is 9.33. The van der Waals surface area contributed by atoms with E-state index < -0.39 is 24.5 Å². The number of esters is 1. The number of aliphatic hydroxyl groups is 1. The van der Waals surface area contributed by atoms with Crippen LogP contribution in [-0.2, 0) is 14.3 Å². The van der Waals surface area contributed by atoms with Crippen LogP contribution in [0.3, 0.4) is 0 Å². The Balaban J connectivity index is 1.90. The standard InChI is InChI=1S/C19H19NO6/c1-25-19(24)16(11-21)20-17(22)12-26-15-9-7-14(8-10-15)18(23)13-5-3-2-4-6-13/h2-10,16,21H,11-12H2,1H3,(H,20,22)/t16-/m1/s1. The number of carbonyl (C=O) groups is 3. The van der Waals surface area contributed by atoms with Crippen molar-refractivity contribution >= 4 is 17.7 Å². The molecule has 2 aromatic carbocycles. The minimum absolute atomic E-state index is 0.112. The fourth-order valence-corrected chi connectivity index (χ4v) is 2.16. The Morgan fingerprint density at radius 3 is 2.19 bits per heavy atom. The monoisotopic (exact) mass is 357 g/mol. The Morgan fingerprint density at radius 2 is 1.62 bits per heavy atom. The van der Waals surface area contributed by atoms with Gasteiger partial charge in [-0.05, 0) is 24.3 Å². The molecule has 0 saturated heterocycles. The van der Waals surface area contributed by atoms with Crippen molar-refractivity contribution < 1.29 is 29.0 Å². The second-order valence-electron chi connectivity index (χ2n) is 5.33. The van der Waals surface area contributed by atoms with Gasteiger partial charge in [-0.25, -0.2) is 4.79 Å². The van der Waals surface area contributed by atoms with E-state index in [4.69, 9.17) is 9.84 Å². The number of methoxy groups -OCH3 is 1. The zero-order chi connectivity index (χ0) is 18.9. The van der Waals surface area contributed by atoms with Gasteiger partial charge in [0, 0.05) is 11.1 Å². The van der Waals surface area contributed by atoms with E-state index in [0.717, 1.165) is 7.11 Å². The number of hydrogen-bond acceptors (Lipinski definition) is 6. The number of hydrogen-bond donors (Lipinski definition) is 2. The van der Waals surface area contributed by atoms with E-state index in [-0.39, 0.29) is 12.4 Å². The summed E-state index contributed by atoms with van der Waals surface area (Å²) in [6.07, 6.45) is 0. The van der Waals surface area contributed by atoms with E-state index in [1.165, 1.54) is 0 Å². The molecular formula is C19H19NO6. The normalized spacial score (nSPS) is 11.3. The van der Waals surface area contributed by atoms with E-state index >= 15 is 0 Å². The SMILES string of the molecule is COC(=O)[C@@H](CO)NC(=O)COc1ccc(C(=O)c2ccccc2)cc1. The van der Waals surface area contributed by atoms with Crippen molar-refractivity contribution in [1.29, 1.82) is 0 Å². The molecule has 0 saturated carbocycles. The molecule has 0 unspecified atom stereocenters. The fraction of sp³-hybridized carbons (Fsp3) is 0.211. The van der Waals surface area contributed by atoms with Crippen LogP contribution in [0.15, 0.2) is 54.6 Å². The van der Waals surface area contributed by atoms with Crippen molar-refractivity contribution in [2.75, 3.05) is 20.3 Å². The molecule has 0 heterocycles. The highest BCUT2D eigenvalue weighted by Gasteiger charge is 2.20. The summed E-state index contributed by atoms with van der Waals surface area (Å²) < 4.78 is 9.76. The zero-order valence-electron chi connectivity index (χ0n) is 14.2. The molecule has 0 fully saturated rings. The van der Waals surface area contributed by atoms with Crippen LogP contribution < -0.4 is 10.1 Å². The van der Waals surface area contributed by atoms with Crippen molar-refractivity contribution in [2.24, 2.45) is 0 Å². The lowest BCUT2D eigenvalue weighted by atomic mass is 10.0. The van der Waals surface area contributed by atoms with Gasteiger partial charge in [0.1, 0.15) is 5.75 Å². The largest absolute Gasteiger partial charge is 0.484 e. The first-order chi connectivity index (χ1) is 12.5. The molecular weight excluding hydrogens is 338 g/mol. The minimum atomic E-state index is -1.14. The smallest absolute Gasteiger partial charge is 0.330 e. The maximum atomic E-state index is 12.3. The number of nitrogens with one attached hydrogen (secondary N) is 1. The summed E-state index contributed by atoms with van der Waals surface area (Å²) in [6, 6.07) is 14.1. The lowest BCUT2D eigenvalue weighted by Gasteiger charge is -2.14. The molecule has 2 N–H and O–H groups in total. The Bertz CT molecular complexity index is 757. The average Bonchev–Trinajstić information content (AvgIpc) is 2.70. The molecule has 0 aliphatic heterocycles. The van der Waals surface area contributed by atoms with Crippen molar-refractivity contribution in [3.05, 3.63) is 65.7 Å². The van der Waals surface area contributed by atoms with Crippen LogP contribution in [0.2, 0.25) is 0 Å². The maximum absolute atomic E-state index is 12.3. The molecule has 2 rings (SSSR count). The van der Waals surface area contributed by atoms with Crippen LogP contribution in [0.4, 0.5) is 0 Å². The molecule has 136 valence electrons. The topological polar surface area (TPSA) is 102 Å². The summed E-state index contributed by atoms with van der Waals surface area (Å²) in [6.45, 7) is -0.922. The number of amides is 1. The molecule has 0 aliphatic rings. The predicted molar refractivity (Wildman–Crippen MR) is 92.8 cm³/mol. The molecule has 1 atom stereocenters. The maximum Gasteiger partial charge on any atom is 0.330 e. The number of aliphatic hydroxyl groups excluding tert-OH is 1. The summed E-state index contributed by atoms with van der Waals surface area (Å²) in [5.41, 5.74) is 1.08. The van der Waals surface area contributed by atoms with Crippen molar-refractivity contribution in [1.82, 2.24) is 5.32 Å². The first-order valence-corrected chi connectivity index (χ1v) is 7.85. The summed E-state index contributed by atoms with van der Waals surface area (Å²) in [5.74, 6) is -1.05. The predicted octanol–water partition coefficient (Wildman–Crippen LogP) is 0.946. The highest BCUT2D eigenvalue weighted by molar-refractivity contribution is 6.08. The number of rotatable bonds is 8. The van der Waals surface area contributed by atoms with Crippen LogP contribution >= 0.6 is 0 Å². The summed E-state index contributed by atoms with van der Waals surface area (Å²) in [4.78, 5) is 35.4. The first kappa shape index (κ1) is 19.1. The third kappa shape index (κ3) is 5.15. The van der Waals surface area contributed by atoms with Gasteiger partial charge in [0.05, 0.1) is 13.7 Å². The Labute approximate surface area is 150 Å². The van der Waals surface area contributed by atoms with Gasteiger partial charge in [-0.3, -0.25) is 9.59 Å². The van der Waals surface area contributed by atoms with Gasteiger partial charge >= 0.3 is 5.97 Å². The molecule has 1 amide bonds. The molecule has 26 heavy (non-hydrogen) atoms. The van der Waals surface area contributed by atoms with E-state index in [1.54, 1.807) is 48.5 Å². The molecule has 0 radical (unpaired) electrons. The average molecular weight is 357 g/mol. The molecule has 0 bridgehead atoms. The highest BCUT2D eigenvalue weighted by atomic mass is 16.5. The van der Waals surface area contributed by atoms with E-state index in [2.05, 4.69) is 10.1 Å². The Kier molecular flexibility index (Phi) is 6.87. The number of ether oxygens (including phenoxy) is 2. The quantitative estimate of drug-likeness (QED) is 0.539. The first-order valence-electron chi connectivity index (χ1n) is 7.85. The molecule has 0 aliphatic carbocycles. The molecule has 2 aromatic rings. The summed E-state index contributed by atoms with van der Waals surface area (Å²) in [7, 11) is 1.16. The fourth-order valence-electron chi connectivity index (χ4n) is 2.16.